The van der Waals surface area contributed by atoms with Crippen LogP contribution < -0.4 is 14.8 Å². The van der Waals surface area contributed by atoms with E-state index in [4.69, 9.17) is 14.2 Å². The first-order valence-corrected chi connectivity index (χ1v) is 9.62. The van der Waals surface area contributed by atoms with Crippen LogP contribution in [0.4, 0.5) is 10.5 Å². The minimum atomic E-state index is -0.0969. The van der Waals surface area contributed by atoms with Crippen molar-refractivity contribution < 1.29 is 19.0 Å². The van der Waals surface area contributed by atoms with Crippen LogP contribution in [0, 0.1) is 0 Å². The number of piperazine rings is 1. The Bertz CT molecular complexity index is 860. The number of ether oxygens (including phenoxy) is 3. The van der Waals surface area contributed by atoms with Gasteiger partial charge in [0, 0.05) is 31.4 Å². The van der Waals surface area contributed by atoms with Crippen molar-refractivity contribution in [3.05, 3.63) is 54.1 Å². The molecule has 146 valence electrons. The molecule has 0 aromatic heterocycles. The predicted octanol–water partition coefficient (Wildman–Crippen LogP) is 2.70. The van der Waals surface area contributed by atoms with Crippen molar-refractivity contribution in [2.75, 3.05) is 45.0 Å². The highest BCUT2D eigenvalue weighted by atomic mass is 16.7. The normalized spacial score (nSPS) is 23.9. The zero-order chi connectivity index (χ0) is 18.9. The number of nitrogens with zero attached hydrogens (tertiary/aromatic N) is 2. The highest BCUT2D eigenvalue weighted by Gasteiger charge is 2.37. The van der Waals surface area contributed by atoms with E-state index in [0.717, 1.165) is 6.54 Å². The molecule has 0 unspecified atom stereocenters. The number of anilines is 1. The summed E-state index contributed by atoms with van der Waals surface area (Å²) in [6.07, 6.45) is 0. The lowest BCUT2D eigenvalue weighted by Gasteiger charge is -2.48. The predicted molar refractivity (Wildman–Crippen MR) is 104 cm³/mol. The van der Waals surface area contributed by atoms with Crippen LogP contribution in [0.1, 0.15) is 11.6 Å². The molecule has 3 aliphatic heterocycles. The van der Waals surface area contributed by atoms with Crippen LogP contribution in [0.3, 0.4) is 0 Å². The maximum atomic E-state index is 12.8. The Balaban J connectivity index is 1.25. The summed E-state index contributed by atoms with van der Waals surface area (Å²) in [6, 6.07) is 16.3. The molecule has 2 saturated heterocycles. The standard InChI is InChI=1S/C21H23N3O4/c25-21(22-16-6-7-19-20(10-16)28-14-27-19)23-8-9-24-17(11-23)12-26-13-18(24)15-4-2-1-3-5-15/h1-7,10,17-18H,8-9,11-14H2,(H,22,25)/t17-,18-/m1/s1. The first-order chi connectivity index (χ1) is 13.8. The van der Waals surface area contributed by atoms with Crippen molar-refractivity contribution in [2.24, 2.45) is 0 Å². The molecule has 0 radical (unpaired) electrons. The van der Waals surface area contributed by atoms with E-state index >= 15 is 0 Å². The molecule has 2 fully saturated rings. The zero-order valence-corrected chi connectivity index (χ0v) is 15.5. The van der Waals surface area contributed by atoms with E-state index in [1.165, 1.54) is 5.56 Å². The summed E-state index contributed by atoms with van der Waals surface area (Å²) in [5.41, 5.74) is 1.98. The van der Waals surface area contributed by atoms with Gasteiger partial charge in [0.05, 0.1) is 25.3 Å². The van der Waals surface area contributed by atoms with Gasteiger partial charge in [0.15, 0.2) is 11.5 Å². The summed E-state index contributed by atoms with van der Waals surface area (Å²) < 4.78 is 16.6. The summed E-state index contributed by atoms with van der Waals surface area (Å²) in [7, 11) is 0. The first kappa shape index (κ1) is 17.3. The Kier molecular flexibility index (Phi) is 4.54. The molecule has 1 N–H and O–H groups in total. The highest BCUT2D eigenvalue weighted by molar-refractivity contribution is 5.89. The monoisotopic (exact) mass is 381 g/mol. The van der Waals surface area contributed by atoms with Crippen LogP contribution in [-0.4, -0.2) is 61.5 Å². The number of benzene rings is 2. The molecule has 0 bridgehead atoms. The van der Waals surface area contributed by atoms with Crippen molar-refractivity contribution in [3.8, 4) is 11.5 Å². The molecule has 0 saturated carbocycles. The number of carbonyl (C=O) groups excluding carboxylic acids is 1. The van der Waals surface area contributed by atoms with Crippen molar-refractivity contribution in [3.63, 3.8) is 0 Å². The van der Waals surface area contributed by atoms with Gasteiger partial charge in [-0.25, -0.2) is 4.79 Å². The molecule has 2 atom stereocenters. The fourth-order valence-electron chi connectivity index (χ4n) is 4.16. The quantitative estimate of drug-likeness (QED) is 0.867. The minimum Gasteiger partial charge on any atom is -0.454 e. The van der Waals surface area contributed by atoms with E-state index in [1.807, 2.05) is 23.1 Å². The van der Waals surface area contributed by atoms with Gasteiger partial charge in [-0.3, -0.25) is 4.90 Å². The SMILES string of the molecule is O=C(Nc1ccc2c(c1)OCO2)N1CCN2[C@@H](COC[C@@H]2c2ccccc2)C1. The van der Waals surface area contributed by atoms with Gasteiger partial charge in [0.2, 0.25) is 6.79 Å². The number of amides is 2. The number of urea groups is 1. The molecular weight excluding hydrogens is 358 g/mol. The molecular formula is C21H23N3O4. The topological polar surface area (TPSA) is 63.3 Å². The molecule has 2 amide bonds. The number of nitrogens with one attached hydrogen (secondary N) is 1. The van der Waals surface area contributed by atoms with Crippen LogP contribution in [0.5, 0.6) is 11.5 Å². The number of carbonyl (C=O) groups is 1. The van der Waals surface area contributed by atoms with Gasteiger partial charge in [-0.05, 0) is 17.7 Å². The Morgan fingerprint density at radius 1 is 1.00 bits per heavy atom. The lowest BCUT2D eigenvalue weighted by Crippen LogP contribution is -2.60. The summed E-state index contributed by atoms with van der Waals surface area (Å²) in [6.45, 7) is 3.75. The van der Waals surface area contributed by atoms with Crippen LogP contribution >= 0.6 is 0 Å². The summed E-state index contributed by atoms with van der Waals surface area (Å²) in [4.78, 5) is 17.1. The fraction of sp³-hybridized carbons (Fsp3) is 0.381. The van der Waals surface area contributed by atoms with E-state index in [2.05, 4.69) is 34.5 Å². The van der Waals surface area contributed by atoms with Gasteiger partial charge >= 0.3 is 6.03 Å². The van der Waals surface area contributed by atoms with Gasteiger partial charge < -0.3 is 24.4 Å². The molecule has 0 aliphatic carbocycles. The number of morpholine rings is 1. The van der Waals surface area contributed by atoms with Gasteiger partial charge in [-0.15, -0.1) is 0 Å². The third-order valence-corrected chi connectivity index (χ3v) is 5.61. The smallest absolute Gasteiger partial charge is 0.321 e. The van der Waals surface area contributed by atoms with E-state index in [0.29, 0.717) is 43.5 Å². The maximum absolute atomic E-state index is 12.8. The number of hydrogen-bond acceptors (Lipinski definition) is 5. The van der Waals surface area contributed by atoms with Crippen molar-refractivity contribution in [1.29, 1.82) is 0 Å². The molecule has 7 heteroatoms. The van der Waals surface area contributed by atoms with Crippen LogP contribution in [-0.2, 0) is 4.74 Å². The lowest BCUT2D eigenvalue weighted by molar-refractivity contribution is -0.0748. The van der Waals surface area contributed by atoms with E-state index < -0.39 is 0 Å². The number of rotatable bonds is 2. The molecule has 2 aromatic rings. The van der Waals surface area contributed by atoms with E-state index in [9.17, 15) is 4.79 Å². The largest absolute Gasteiger partial charge is 0.454 e. The Labute approximate surface area is 163 Å². The maximum Gasteiger partial charge on any atom is 0.321 e. The second-order valence-corrected chi connectivity index (χ2v) is 7.30. The fourth-order valence-corrected chi connectivity index (χ4v) is 4.16. The zero-order valence-electron chi connectivity index (χ0n) is 15.5. The lowest BCUT2D eigenvalue weighted by atomic mass is 10.0. The minimum absolute atomic E-state index is 0.0969. The average Bonchev–Trinajstić information content (AvgIpc) is 3.21. The highest BCUT2D eigenvalue weighted by Crippen LogP contribution is 2.34. The molecule has 2 aromatic carbocycles. The summed E-state index contributed by atoms with van der Waals surface area (Å²) in [5, 5.41) is 2.97. The van der Waals surface area contributed by atoms with Crippen molar-refractivity contribution >= 4 is 11.7 Å². The molecule has 3 heterocycles. The van der Waals surface area contributed by atoms with Crippen molar-refractivity contribution in [1.82, 2.24) is 9.80 Å². The molecule has 7 nitrogen and oxygen atoms in total. The van der Waals surface area contributed by atoms with Crippen LogP contribution in [0.15, 0.2) is 48.5 Å². The van der Waals surface area contributed by atoms with Gasteiger partial charge in [-0.1, -0.05) is 30.3 Å². The third-order valence-electron chi connectivity index (χ3n) is 5.61. The van der Waals surface area contributed by atoms with Gasteiger partial charge in [0.25, 0.3) is 0 Å². The second-order valence-electron chi connectivity index (χ2n) is 7.30. The number of hydrogen-bond donors (Lipinski definition) is 1. The molecule has 28 heavy (non-hydrogen) atoms. The number of fused-ring (bicyclic) bond motifs is 2. The Hall–Kier alpha value is -2.77. The van der Waals surface area contributed by atoms with Gasteiger partial charge in [0.1, 0.15) is 0 Å². The van der Waals surface area contributed by atoms with Crippen molar-refractivity contribution in [2.45, 2.75) is 12.1 Å². The Morgan fingerprint density at radius 2 is 1.86 bits per heavy atom. The Morgan fingerprint density at radius 3 is 2.75 bits per heavy atom. The summed E-state index contributed by atoms with van der Waals surface area (Å²) in [5.74, 6) is 1.37. The average molecular weight is 381 g/mol. The molecule has 5 rings (SSSR count). The second kappa shape index (κ2) is 7.33. The van der Waals surface area contributed by atoms with Crippen LogP contribution in [0.25, 0.3) is 0 Å². The summed E-state index contributed by atoms with van der Waals surface area (Å²) >= 11 is 0. The first-order valence-electron chi connectivity index (χ1n) is 9.62. The molecule has 0 spiro atoms. The van der Waals surface area contributed by atoms with Crippen LogP contribution in [0.2, 0.25) is 0 Å². The third kappa shape index (κ3) is 3.27. The van der Waals surface area contributed by atoms with Gasteiger partial charge in [-0.2, -0.15) is 0 Å². The van der Waals surface area contributed by atoms with E-state index in [-0.39, 0.29) is 24.9 Å². The van der Waals surface area contributed by atoms with E-state index in [1.54, 1.807) is 6.07 Å². The molecule has 3 aliphatic rings.